The number of hydrogen-bond donors (Lipinski definition) is 1. The van der Waals surface area contributed by atoms with Crippen molar-refractivity contribution in [3.05, 3.63) is 17.7 Å². The zero-order valence-corrected chi connectivity index (χ0v) is 15.3. The molecule has 5 heteroatoms. The summed E-state index contributed by atoms with van der Waals surface area (Å²) >= 11 is 0. The van der Waals surface area contributed by atoms with E-state index in [1.54, 1.807) is 7.11 Å². The van der Waals surface area contributed by atoms with Crippen molar-refractivity contribution < 1.29 is 19.3 Å². The highest BCUT2D eigenvalue weighted by molar-refractivity contribution is 5.51. The average Bonchev–Trinajstić information content (AvgIpc) is 3.05. The molecule has 0 bridgehead atoms. The van der Waals surface area contributed by atoms with Crippen LogP contribution in [-0.4, -0.2) is 49.0 Å². The Bertz CT molecular complexity index is 634. The summed E-state index contributed by atoms with van der Waals surface area (Å²) < 4.78 is 17.0. The number of ether oxygens (including phenoxy) is 3. The molecule has 25 heavy (non-hydrogen) atoms. The van der Waals surface area contributed by atoms with E-state index in [4.69, 9.17) is 14.2 Å². The van der Waals surface area contributed by atoms with Gasteiger partial charge in [0.2, 0.25) is 0 Å². The number of aliphatic hydroxyl groups is 1. The van der Waals surface area contributed by atoms with E-state index < -0.39 is 5.60 Å². The van der Waals surface area contributed by atoms with Crippen molar-refractivity contribution in [3.8, 4) is 17.2 Å². The predicted molar refractivity (Wildman–Crippen MR) is 95.3 cm³/mol. The summed E-state index contributed by atoms with van der Waals surface area (Å²) in [6, 6.07) is 4.00. The number of nitrogens with zero attached hydrogens (tertiary/aromatic N) is 1. The fourth-order valence-electron chi connectivity index (χ4n) is 4.95. The Morgan fingerprint density at radius 2 is 2.00 bits per heavy atom. The molecular weight excluding hydrogens is 318 g/mol. The summed E-state index contributed by atoms with van der Waals surface area (Å²) in [6.45, 7) is 6.15. The Kier molecular flexibility index (Phi) is 4.54. The summed E-state index contributed by atoms with van der Waals surface area (Å²) in [5.41, 5.74) is 0.652. The van der Waals surface area contributed by atoms with Crippen molar-refractivity contribution in [1.29, 1.82) is 0 Å². The van der Waals surface area contributed by atoms with Gasteiger partial charge in [-0.15, -0.1) is 0 Å². The van der Waals surface area contributed by atoms with Crippen molar-refractivity contribution in [2.75, 3.05) is 33.4 Å². The number of benzene rings is 1. The van der Waals surface area contributed by atoms with Crippen LogP contribution in [0.4, 0.5) is 0 Å². The third kappa shape index (κ3) is 3.08. The molecular formula is C20H29NO4. The van der Waals surface area contributed by atoms with Crippen molar-refractivity contribution in [2.24, 2.45) is 11.8 Å². The second-order valence-electron chi connectivity index (χ2n) is 7.72. The quantitative estimate of drug-likeness (QED) is 0.908. The Labute approximate surface area is 149 Å². The third-order valence-electron chi connectivity index (χ3n) is 6.34. The van der Waals surface area contributed by atoms with E-state index in [1.807, 2.05) is 6.07 Å². The van der Waals surface area contributed by atoms with Crippen LogP contribution in [0.15, 0.2) is 12.1 Å². The van der Waals surface area contributed by atoms with Gasteiger partial charge in [-0.05, 0) is 31.2 Å². The molecule has 4 rings (SSSR count). The minimum atomic E-state index is -0.478. The van der Waals surface area contributed by atoms with Gasteiger partial charge in [-0.3, -0.25) is 4.90 Å². The molecule has 0 radical (unpaired) electrons. The molecule has 3 atom stereocenters. The molecule has 1 aliphatic carbocycles. The third-order valence-corrected chi connectivity index (χ3v) is 6.34. The molecule has 1 N–H and O–H groups in total. The van der Waals surface area contributed by atoms with Crippen LogP contribution in [0.3, 0.4) is 0 Å². The Morgan fingerprint density at radius 3 is 2.72 bits per heavy atom. The first-order chi connectivity index (χ1) is 12.1. The summed E-state index contributed by atoms with van der Waals surface area (Å²) in [6.07, 6.45) is 4.19. The van der Waals surface area contributed by atoms with Gasteiger partial charge in [0.05, 0.1) is 12.7 Å². The summed E-state index contributed by atoms with van der Waals surface area (Å²) in [5, 5.41) is 11.0. The van der Waals surface area contributed by atoms with Crippen molar-refractivity contribution >= 4 is 0 Å². The van der Waals surface area contributed by atoms with E-state index in [2.05, 4.69) is 17.9 Å². The lowest BCUT2D eigenvalue weighted by Crippen LogP contribution is -2.44. The van der Waals surface area contributed by atoms with Crippen LogP contribution in [-0.2, 0) is 6.54 Å². The molecule has 0 unspecified atom stereocenters. The second kappa shape index (κ2) is 6.69. The molecule has 2 heterocycles. The van der Waals surface area contributed by atoms with E-state index in [0.717, 1.165) is 61.7 Å². The van der Waals surface area contributed by atoms with Gasteiger partial charge < -0.3 is 19.3 Å². The van der Waals surface area contributed by atoms with Gasteiger partial charge in [0.25, 0.3) is 0 Å². The molecule has 2 fully saturated rings. The van der Waals surface area contributed by atoms with Crippen molar-refractivity contribution in [2.45, 2.75) is 44.8 Å². The lowest BCUT2D eigenvalue weighted by Gasteiger charge is -2.40. The molecule has 138 valence electrons. The highest BCUT2D eigenvalue weighted by atomic mass is 16.6. The van der Waals surface area contributed by atoms with Gasteiger partial charge in [-0.2, -0.15) is 0 Å². The molecule has 2 aliphatic heterocycles. The Hall–Kier alpha value is -1.46. The second-order valence-corrected chi connectivity index (χ2v) is 7.72. The molecule has 1 saturated carbocycles. The fourth-order valence-corrected chi connectivity index (χ4v) is 4.95. The summed E-state index contributed by atoms with van der Waals surface area (Å²) in [7, 11) is 1.70. The smallest absolute Gasteiger partial charge is 0.165 e. The van der Waals surface area contributed by atoms with Crippen LogP contribution in [0.2, 0.25) is 0 Å². The molecule has 0 amide bonds. The summed E-state index contributed by atoms with van der Waals surface area (Å²) in [5.74, 6) is 3.44. The van der Waals surface area contributed by atoms with Crippen LogP contribution in [0, 0.1) is 11.8 Å². The summed E-state index contributed by atoms with van der Waals surface area (Å²) in [4.78, 5) is 2.47. The molecule has 0 aromatic heterocycles. The minimum Gasteiger partial charge on any atom is -0.496 e. The molecule has 1 saturated heterocycles. The fraction of sp³-hybridized carbons (Fsp3) is 0.700. The monoisotopic (exact) mass is 347 g/mol. The highest BCUT2D eigenvalue weighted by Gasteiger charge is 2.47. The maximum atomic E-state index is 11.0. The maximum Gasteiger partial charge on any atom is 0.165 e. The lowest BCUT2D eigenvalue weighted by atomic mass is 9.69. The highest BCUT2D eigenvalue weighted by Crippen LogP contribution is 2.45. The standard InChI is InChI=1S/C20H29NO4/c1-3-20(22)6-4-5-14-11-21(13-16(14)20)12-15-9-18-19(10-17(15)23-2)25-8-7-24-18/h9-10,14,16,22H,3-8,11-13H2,1-2H3/t14-,16+,20-/m0/s1. The molecule has 5 nitrogen and oxygen atoms in total. The molecule has 1 aromatic carbocycles. The molecule has 0 spiro atoms. The van der Waals surface area contributed by atoms with Crippen LogP contribution in [0.1, 0.15) is 38.2 Å². The number of methoxy groups -OCH3 is 1. The topological polar surface area (TPSA) is 51.2 Å². The first-order valence-corrected chi connectivity index (χ1v) is 9.54. The normalized spacial score (nSPS) is 31.6. The zero-order chi connectivity index (χ0) is 17.4. The van der Waals surface area contributed by atoms with Gasteiger partial charge in [-0.25, -0.2) is 0 Å². The van der Waals surface area contributed by atoms with Gasteiger partial charge in [-0.1, -0.05) is 13.3 Å². The average molecular weight is 347 g/mol. The van der Waals surface area contributed by atoms with Crippen molar-refractivity contribution in [1.82, 2.24) is 4.90 Å². The SMILES string of the molecule is CC[C@]1(O)CCC[C@H]2CN(Cc3cc4c(cc3OC)OCCO4)C[C@H]21. The lowest BCUT2D eigenvalue weighted by molar-refractivity contribution is -0.0613. The number of likely N-dealkylation sites (tertiary alicyclic amines) is 1. The van der Waals surface area contributed by atoms with Crippen LogP contribution < -0.4 is 14.2 Å². The van der Waals surface area contributed by atoms with Crippen LogP contribution >= 0.6 is 0 Å². The number of fused-ring (bicyclic) bond motifs is 2. The largest absolute Gasteiger partial charge is 0.496 e. The van der Waals surface area contributed by atoms with Crippen LogP contribution in [0.5, 0.6) is 17.2 Å². The predicted octanol–water partition coefficient (Wildman–Crippen LogP) is 2.84. The van der Waals surface area contributed by atoms with Crippen LogP contribution in [0.25, 0.3) is 0 Å². The van der Waals surface area contributed by atoms with Gasteiger partial charge in [0.15, 0.2) is 11.5 Å². The first-order valence-electron chi connectivity index (χ1n) is 9.54. The van der Waals surface area contributed by atoms with E-state index >= 15 is 0 Å². The maximum absolute atomic E-state index is 11.0. The van der Waals surface area contributed by atoms with E-state index in [0.29, 0.717) is 25.0 Å². The van der Waals surface area contributed by atoms with E-state index in [1.165, 1.54) is 6.42 Å². The van der Waals surface area contributed by atoms with Gasteiger partial charge >= 0.3 is 0 Å². The number of rotatable bonds is 4. The minimum absolute atomic E-state index is 0.398. The Morgan fingerprint density at radius 1 is 1.24 bits per heavy atom. The van der Waals surface area contributed by atoms with E-state index in [-0.39, 0.29) is 0 Å². The molecule has 1 aromatic rings. The van der Waals surface area contributed by atoms with Crippen molar-refractivity contribution in [3.63, 3.8) is 0 Å². The number of hydrogen-bond acceptors (Lipinski definition) is 5. The van der Waals surface area contributed by atoms with Gasteiger partial charge in [0.1, 0.15) is 19.0 Å². The van der Waals surface area contributed by atoms with E-state index in [9.17, 15) is 5.11 Å². The zero-order valence-electron chi connectivity index (χ0n) is 15.3. The first kappa shape index (κ1) is 17.0. The van der Waals surface area contributed by atoms with Gasteiger partial charge in [0, 0.05) is 37.2 Å². The Balaban J connectivity index is 1.53. The molecule has 3 aliphatic rings.